The van der Waals surface area contributed by atoms with Gasteiger partial charge in [0.2, 0.25) is 5.91 Å². The second-order valence-corrected chi connectivity index (χ2v) is 4.75. The summed E-state index contributed by atoms with van der Waals surface area (Å²) >= 11 is 0. The summed E-state index contributed by atoms with van der Waals surface area (Å²) < 4.78 is 5.32. The monoisotopic (exact) mass is 277 g/mol. The number of amides is 2. The number of rotatable bonds is 5. The van der Waals surface area contributed by atoms with E-state index in [4.69, 9.17) is 4.74 Å². The van der Waals surface area contributed by atoms with E-state index in [1.54, 1.807) is 0 Å². The van der Waals surface area contributed by atoms with E-state index in [1.807, 2.05) is 25.1 Å². The number of nitrogens with one attached hydrogen (secondary N) is 3. The van der Waals surface area contributed by atoms with Gasteiger partial charge in [0.05, 0.1) is 5.69 Å². The third-order valence-corrected chi connectivity index (χ3v) is 3.09. The van der Waals surface area contributed by atoms with Crippen LogP contribution in [0.2, 0.25) is 0 Å². The molecule has 0 radical (unpaired) electrons. The maximum atomic E-state index is 11.3. The molecule has 1 aliphatic heterocycles. The molecule has 0 aliphatic carbocycles. The van der Waals surface area contributed by atoms with Crippen molar-refractivity contribution in [2.24, 2.45) is 0 Å². The Morgan fingerprint density at radius 2 is 2.25 bits per heavy atom. The Morgan fingerprint density at radius 1 is 1.45 bits per heavy atom. The van der Waals surface area contributed by atoms with Gasteiger partial charge in [-0.2, -0.15) is 0 Å². The molecule has 1 aliphatic rings. The lowest BCUT2D eigenvalue weighted by atomic mass is 10.1. The van der Waals surface area contributed by atoms with Crippen molar-refractivity contribution in [3.63, 3.8) is 0 Å². The molecule has 6 nitrogen and oxygen atoms in total. The van der Waals surface area contributed by atoms with Crippen molar-refractivity contribution in [3.8, 4) is 5.75 Å². The molecule has 0 spiro atoms. The van der Waals surface area contributed by atoms with Crippen molar-refractivity contribution in [2.75, 3.05) is 25.0 Å². The third kappa shape index (κ3) is 3.71. The van der Waals surface area contributed by atoms with Gasteiger partial charge < -0.3 is 20.7 Å². The van der Waals surface area contributed by atoms with Gasteiger partial charge in [0.15, 0.2) is 6.61 Å². The number of hydrogen-bond donors (Lipinski definition) is 3. The predicted molar refractivity (Wildman–Crippen MR) is 75.7 cm³/mol. The lowest BCUT2D eigenvalue weighted by molar-refractivity contribution is -0.119. The second kappa shape index (κ2) is 6.38. The summed E-state index contributed by atoms with van der Waals surface area (Å²) in [6.45, 7) is 4.86. The highest BCUT2D eigenvalue weighted by Crippen LogP contribution is 2.30. The fourth-order valence-corrected chi connectivity index (χ4v) is 2.02. The van der Waals surface area contributed by atoms with E-state index in [0.29, 0.717) is 24.5 Å². The molecule has 20 heavy (non-hydrogen) atoms. The molecule has 2 rings (SSSR count). The molecule has 3 N–H and O–H groups in total. The minimum atomic E-state index is -0.138. The summed E-state index contributed by atoms with van der Waals surface area (Å²) in [4.78, 5) is 22.0. The number of carbonyl (C=O) groups excluding carboxylic acids is 2. The number of hydrogen-bond acceptors (Lipinski definition) is 4. The quantitative estimate of drug-likeness (QED) is 0.696. The van der Waals surface area contributed by atoms with Crippen LogP contribution < -0.4 is 20.7 Å². The summed E-state index contributed by atoms with van der Waals surface area (Å²) in [6, 6.07) is 5.85. The Labute approximate surface area is 117 Å². The van der Waals surface area contributed by atoms with Crippen LogP contribution in [0.4, 0.5) is 5.69 Å². The Balaban J connectivity index is 1.93. The van der Waals surface area contributed by atoms with E-state index in [1.165, 1.54) is 6.92 Å². The molecule has 0 bridgehead atoms. The van der Waals surface area contributed by atoms with Gasteiger partial charge in [0, 0.05) is 26.1 Å². The largest absolute Gasteiger partial charge is 0.482 e. The van der Waals surface area contributed by atoms with Gasteiger partial charge in [-0.3, -0.25) is 9.59 Å². The molecular weight excluding hydrogens is 258 g/mol. The third-order valence-electron chi connectivity index (χ3n) is 3.09. The molecular formula is C14H19N3O3. The van der Waals surface area contributed by atoms with Gasteiger partial charge in [-0.25, -0.2) is 0 Å². The van der Waals surface area contributed by atoms with Crippen LogP contribution in [0.15, 0.2) is 18.2 Å². The van der Waals surface area contributed by atoms with Gasteiger partial charge in [-0.05, 0) is 24.6 Å². The zero-order chi connectivity index (χ0) is 14.5. The maximum Gasteiger partial charge on any atom is 0.262 e. The van der Waals surface area contributed by atoms with Crippen molar-refractivity contribution in [2.45, 2.75) is 19.9 Å². The fourth-order valence-electron chi connectivity index (χ4n) is 2.02. The Morgan fingerprint density at radius 3 is 3.00 bits per heavy atom. The van der Waals surface area contributed by atoms with Crippen LogP contribution in [0, 0.1) is 0 Å². The molecule has 0 fully saturated rings. The van der Waals surface area contributed by atoms with E-state index < -0.39 is 0 Å². The summed E-state index contributed by atoms with van der Waals surface area (Å²) in [5.74, 6) is 0.521. The van der Waals surface area contributed by atoms with Crippen molar-refractivity contribution in [1.29, 1.82) is 0 Å². The number of anilines is 1. The Bertz CT molecular complexity index is 516. The predicted octanol–water partition coefficient (Wildman–Crippen LogP) is 0.804. The summed E-state index contributed by atoms with van der Waals surface area (Å²) in [5, 5.41) is 8.82. The Kier molecular flexibility index (Phi) is 4.57. The number of carbonyl (C=O) groups is 2. The van der Waals surface area contributed by atoms with E-state index in [2.05, 4.69) is 16.0 Å². The van der Waals surface area contributed by atoms with Gasteiger partial charge in [0.25, 0.3) is 5.91 Å². The van der Waals surface area contributed by atoms with Gasteiger partial charge in [0.1, 0.15) is 5.75 Å². The topological polar surface area (TPSA) is 79.5 Å². The van der Waals surface area contributed by atoms with Gasteiger partial charge >= 0.3 is 0 Å². The van der Waals surface area contributed by atoms with Crippen molar-refractivity contribution < 1.29 is 14.3 Å². The van der Waals surface area contributed by atoms with Crippen LogP contribution >= 0.6 is 0 Å². The van der Waals surface area contributed by atoms with Crippen molar-refractivity contribution in [3.05, 3.63) is 23.8 Å². The maximum absolute atomic E-state index is 11.3. The lowest BCUT2D eigenvalue weighted by Gasteiger charge is -2.21. The SMILES string of the molecule is CC(=O)NCCNC(C)c1ccc2c(c1)NC(=O)CO2. The van der Waals surface area contributed by atoms with E-state index in [-0.39, 0.29) is 24.5 Å². The average molecular weight is 277 g/mol. The van der Waals surface area contributed by atoms with Crippen molar-refractivity contribution in [1.82, 2.24) is 10.6 Å². The first-order valence-electron chi connectivity index (χ1n) is 6.60. The molecule has 108 valence electrons. The number of ether oxygens (including phenoxy) is 1. The summed E-state index contributed by atoms with van der Waals surface area (Å²) in [7, 11) is 0. The van der Waals surface area contributed by atoms with Crippen LogP contribution in [0.5, 0.6) is 5.75 Å². The molecule has 0 saturated carbocycles. The number of benzene rings is 1. The summed E-state index contributed by atoms with van der Waals surface area (Å²) in [5.41, 5.74) is 1.76. The van der Waals surface area contributed by atoms with E-state index >= 15 is 0 Å². The standard InChI is InChI=1S/C14H19N3O3/c1-9(15-5-6-16-10(2)18)11-3-4-13-12(7-11)17-14(19)8-20-13/h3-4,7,9,15H,5-6,8H2,1-2H3,(H,16,18)(H,17,19). The van der Waals surface area contributed by atoms with Crippen LogP contribution in [0.1, 0.15) is 25.5 Å². The lowest BCUT2D eigenvalue weighted by Crippen LogP contribution is -2.31. The minimum absolute atomic E-state index is 0.0342. The van der Waals surface area contributed by atoms with E-state index in [9.17, 15) is 9.59 Å². The van der Waals surface area contributed by atoms with Gasteiger partial charge in [-0.15, -0.1) is 0 Å². The van der Waals surface area contributed by atoms with Crippen LogP contribution in [0.3, 0.4) is 0 Å². The van der Waals surface area contributed by atoms with Crippen molar-refractivity contribution >= 4 is 17.5 Å². The minimum Gasteiger partial charge on any atom is -0.482 e. The molecule has 2 amide bonds. The molecule has 1 atom stereocenters. The molecule has 1 heterocycles. The summed E-state index contributed by atoms with van der Waals surface area (Å²) in [6.07, 6.45) is 0. The van der Waals surface area contributed by atoms with Crippen LogP contribution in [-0.4, -0.2) is 31.5 Å². The van der Waals surface area contributed by atoms with E-state index in [0.717, 1.165) is 5.56 Å². The van der Waals surface area contributed by atoms with Gasteiger partial charge in [-0.1, -0.05) is 6.07 Å². The molecule has 1 aromatic carbocycles. The second-order valence-electron chi connectivity index (χ2n) is 4.75. The average Bonchev–Trinajstić information content (AvgIpc) is 2.42. The molecule has 0 aromatic heterocycles. The molecule has 6 heteroatoms. The first-order valence-corrected chi connectivity index (χ1v) is 6.60. The zero-order valence-corrected chi connectivity index (χ0v) is 11.7. The first-order chi connectivity index (χ1) is 9.56. The Hall–Kier alpha value is -2.08. The highest BCUT2D eigenvalue weighted by molar-refractivity contribution is 5.95. The zero-order valence-electron chi connectivity index (χ0n) is 11.7. The van der Waals surface area contributed by atoms with Crippen LogP contribution in [0.25, 0.3) is 0 Å². The number of fused-ring (bicyclic) bond motifs is 1. The normalized spacial score (nSPS) is 14.8. The molecule has 1 aromatic rings. The smallest absolute Gasteiger partial charge is 0.262 e. The fraction of sp³-hybridized carbons (Fsp3) is 0.429. The van der Waals surface area contributed by atoms with Crippen LogP contribution in [-0.2, 0) is 9.59 Å². The highest BCUT2D eigenvalue weighted by atomic mass is 16.5. The molecule has 0 saturated heterocycles. The molecule has 1 unspecified atom stereocenters. The highest BCUT2D eigenvalue weighted by Gasteiger charge is 2.17. The first kappa shape index (κ1) is 14.3.